The number of hydrogen-bond acceptors (Lipinski definition) is 8. The molecule has 2 atom stereocenters. The summed E-state index contributed by atoms with van der Waals surface area (Å²) in [6.45, 7) is 11.2. The van der Waals surface area contributed by atoms with E-state index in [0.29, 0.717) is 28.0 Å². The number of aromatic nitrogens is 1. The molecule has 0 radical (unpaired) electrons. The van der Waals surface area contributed by atoms with Gasteiger partial charge in [0, 0.05) is 23.1 Å². The number of phenolic OH excluding ortho intramolecular Hbond substituents is 1. The number of rotatable bonds is 6. The third-order valence-electron chi connectivity index (χ3n) is 7.89. The number of oxazole rings is 1. The molecule has 3 N–H and O–H groups in total. The van der Waals surface area contributed by atoms with Gasteiger partial charge in [0.25, 0.3) is 0 Å². The van der Waals surface area contributed by atoms with Crippen molar-refractivity contribution in [3.8, 4) is 17.6 Å². The monoisotopic (exact) mass is 648 g/mol. The van der Waals surface area contributed by atoms with Crippen LogP contribution < -0.4 is 15.4 Å². The summed E-state index contributed by atoms with van der Waals surface area (Å²) in [4.78, 5) is 31.4. The van der Waals surface area contributed by atoms with Gasteiger partial charge in [-0.05, 0) is 68.5 Å². The van der Waals surface area contributed by atoms with E-state index in [9.17, 15) is 20.0 Å². The van der Waals surface area contributed by atoms with E-state index >= 15 is 0 Å². The van der Waals surface area contributed by atoms with Crippen LogP contribution in [0.2, 0.25) is 0 Å². The molecule has 0 aliphatic carbocycles. The molecule has 48 heavy (non-hydrogen) atoms. The molecule has 0 spiro atoms. The first-order valence-corrected chi connectivity index (χ1v) is 15.8. The number of fused-ring (bicyclic) bond motifs is 4. The molecule has 3 aromatic carbocycles. The molecule has 10 nitrogen and oxygen atoms in total. The van der Waals surface area contributed by atoms with E-state index in [0.717, 1.165) is 11.1 Å². The van der Waals surface area contributed by atoms with Crippen molar-refractivity contribution in [1.29, 1.82) is 5.26 Å². The maximum atomic E-state index is 13.9. The Morgan fingerprint density at radius 2 is 1.81 bits per heavy atom. The second-order valence-electron chi connectivity index (χ2n) is 13.1. The minimum Gasteiger partial charge on any atom is -0.507 e. The molecule has 10 heteroatoms. The molecular formula is C38H40N4O6. The Bertz CT molecular complexity index is 1880. The molecule has 1 aliphatic rings. The first kappa shape index (κ1) is 33.8. The van der Waals surface area contributed by atoms with Crippen molar-refractivity contribution < 1.29 is 28.6 Å². The van der Waals surface area contributed by atoms with Gasteiger partial charge in [-0.15, -0.1) is 0 Å². The second kappa shape index (κ2) is 14.1. The van der Waals surface area contributed by atoms with E-state index in [4.69, 9.17) is 13.9 Å². The van der Waals surface area contributed by atoms with E-state index in [-0.39, 0.29) is 42.0 Å². The zero-order valence-corrected chi connectivity index (χ0v) is 28.0. The maximum absolute atomic E-state index is 13.9. The fourth-order valence-corrected chi connectivity index (χ4v) is 5.55. The van der Waals surface area contributed by atoms with Crippen molar-refractivity contribution in [2.24, 2.45) is 5.92 Å². The van der Waals surface area contributed by atoms with Gasteiger partial charge < -0.3 is 29.6 Å². The molecule has 0 unspecified atom stereocenters. The number of nitriles is 1. The van der Waals surface area contributed by atoms with Crippen molar-refractivity contribution in [2.45, 2.75) is 72.3 Å². The van der Waals surface area contributed by atoms with Gasteiger partial charge in [-0.1, -0.05) is 68.4 Å². The Morgan fingerprint density at radius 1 is 1.10 bits per heavy atom. The quantitative estimate of drug-likeness (QED) is 0.201. The average molecular weight is 649 g/mol. The number of ether oxygens (including phenoxy) is 2. The molecule has 248 valence electrons. The molecule has 5 rings (SSSR count). The van der Waals surface area contributed by atoms with E-state index in [1.165, 1.54) is 0 Å². The Kier molecular flexibility index (Phi) is 9.89. The van der Waals surface area contributed by atoms with E-state index in [1.807, 2.05) is 69.3 Å². The molecule has 1 aliphatic heterocycles. The Hall–Kier alpha value is -5.56. The summed E-state index contributed by atoms with van der Waals surface area (Å²) >= 11 is 0. The van der Waals surface area contributed by atoms with Crippen LogP contribution in [0.5, 0.6) is 11.5 Å². The zero-order valence-electron chi connectivity index (χ0n) is 28.0. The Morgan fingerprint density at radius 3 is 2.48 bits per heavy atom. The number of carbonyl (C=O) groups excluding carboxylic acids is 2. The van der Waals surface area contributed by atoms with Gasteiger partial charge in [0.05, 0.1) is 0 Å². The zero-order chi connectivity index (χ0) is 34.6. The number of carbonyl (C=O) groups is 2. The Balaban J connectivity index is 1.75. The average Bonchev–Trinajstić information content (AvgIpc) is 3.46. The van der Waals surface area contributed by atoms with Crippen LogP contribution in [-0.2, 0) is 22.6 Å². The van der Waals surface area contributed by atoms with Crippen LogP contribution in [0.4, 0.5) is 4.79 Å². The summed E-state index contributed by atoms with van der Waals surface area (Å²) in [5, 5.41) is 27.1. The minimum atomic E-state index is -1.03. The summed E-state index contributed by atoms with van der Waals surface area (Å²) < 4.78 is 18.3. The molecule has 0 saturated heterocycles. The number of para-hydroxylation sites is 1. The number of amides is 2. The van der Waals surface area contributed by atoms with Crippen LogP contribution >= 0.6 is 0 Å². The number of nitrogens with one attached hydrogen (secondary N) is 2. The van der Waals surface area contributed by atoms with Gasteiger partial charge in [0.1, 0.15) is 41.9 Å². The SMILES string of the molecule is C/C1=C(\c2ccccc2O)c2oc(nc2C#N)[C@H](C(C)C)NC(=O)[C@@H](NC(=O)OC(C)(C)C)Cc2ccc(OCc3ccccc3)c1c2. The highest BCUT2D eigenvalue weighted by atomic mass is 16.6. The van der Waals surface area contributed by atoms with Gasteiger partial charge >= 0.3 is 6.09 Å². The van der Waals surface area contributed by atoms with Crippen molar-refractivity contribution in [3.05, 3.63) is 112 Å². The van der Waals surface area contributed by atoms with Gasteiger partial charge in [0.15, 0.2) is 11.5 Å². The highest BCUT2D eigenvalue weighted by Crippen LogP contribution is 2.42. The first-order chi connectivity index (χ1) is 22.8. The number of alkyl carbamates (subject to hydrolysis) is 1. The van der Waals surface area contributed by atoms with Crippen molar-refractivity contribution >= 4 is 23.1 Å². The summed E-state index contributed by atoms with van der Waals surface area (Å²) in [5.74, 6) is 0.0887. The number of hydrogen-bond donors (Lipinski definition) is 3. The molecule has 2 amide bonds. The Labute approximate surface area is 280 Å². The molecular weight excluding hydrogens is 608 g/mol. The molecule has 4 bridgehead atoms. The van der Waals surface area contributed by atoms with Crippen molar-refractivity contribution in [2.75, 3.05) is 0 Å². The van der Waals surface area contributed by atoms with Crippen LogP contribution in [0, 0.1) is 17.2 Å². The highest BCUT2D eigenvalue weighted by molar-refractivity contribution is 6.00. The summed E-state index contributed by atoms with van der Waals surface area (Å²) in [5.41, 5.74) is 3.05. The number of nitrogens with zero attached hydrogens (tertiary/aromatic N) is 2. The lowest BCUT2D eigenvalue weighted by Gasteiger charge is -2.26. The fraction of sp³-hybridized carbons (Fsp3) is 0.316. The van der Waals surface area contributed by atoms with Crippen molar-refractivity contribution in [3.63, 3.8) is 0 Å². The third-order valence-corrected chi connectivity index (χ3v) is 7.89. The van der Waals surface area contributed by atoms with Crippen LogP contribution in [0.15, 0.2) is 77.2 Å². The number of benzene rings is 3. The largest absolute Gasteiger partial charge is 0.507 e. The lowest BCUT2D eigenvalue weighted by molar-refractivity contribution is -0.124. The van der Waals surface area contributed by atoms with Gasteiger partial charge in [-0.3, -0.25) is 4.79 Å². The first-order valence-electron chi connectivity index (χ1n) is 15.8. The number of aromatic hydroxyl groups is 1. The summed E-state index contributed by atoms with van der Waals surface area (Å²) in [6, 6.07) is 22.4. The van der Waals surface area contributed by atoms with Crippen LogP contribution in [-0.4, -0.2) is 33.7 Å². The standard InChI is InChI=1S/C38H40N4O6/c1-22(2)33-36-40-29(20-39)34(47-36)32(26-14-10-11-15-30(26)43)23(3)27-18-25(16-17-31(27)46-21-24-12-8-7-9-13-24)19-28(35(44)42-33)41-37(45)48-38(4,5)6/h7-18,22,28,33,43H,19,21H2,1-6H3,(H,41,45)(H,42,44)/b32-23-/t28-,33-/m0/s1. The lowest BCUT2D eigenvalue weighted by Crippen LogP contribution is -2.50. The maximum Gasteiger partial charge on any atom is 0.408 e. The highest BCUT2D eigenvalue weighted by Gasteiger charge is 2.33. The number of phenols is 1. The normalized spacial score (nSPS) is 18.1. The minimum absolute atomic E-state index is 0.00843. The third kappa shape index (κ3) is 7.69. The molecule has 4 aromatic rings. The van der Waals surface area contributed by atoms with Gasteiger partial charge in [-0.25, -0.2) is 9.78 Å². The van der Waals surface area contributed by atoms with E-state index in [1.54, 1.807) is 45.0 Å². The van der Waals surface area contributed by atoms with E-state index < -0.39 is 29.7 Å². The molecule has 1 aromatic heterocycles. The second-order valence-corrected chi connectivity index (χ2v) is 13.1. The van der Waals surface area contributed by atoms with Gasteiger partial charge in [0.2, 0.25) is 11.8 Å². The van der Waals surface area contributed by atoms with Gasteiger partial charge in [-0.2, -0.15) is 5.26 Å². The lowest BCUT2D eigenvalue weighted by atomic mass is 9.90. The topological polar surface area (TPSA) is 147 Å². The number of allylic oxidation sites excluding steroid dienone is 1. The molecule has 0 fully saturated rings. The smallest absolute Gasteiger partial charge is 0.408 e. The predicted octanol–water partition coefficient (Wildman–Crippen LogP) is 7.07. The molecule has 0 saturated carbocycles. The van der Waals surface area contributed by atoms with E-state index in [2.05, 4.69) is 21.7 Å². The summed E-state index contributed by atoms with van der Waals surface area (Å²) in [7, 11) is 0. The van der Waals surface area contributed by atoms with Crippen molar-refractivity contribution in [1.82, 2.24) is 15.6 Å². The van der Waals surface area contributed by atoms with Crippen LogP contribution in [0.25, 0.3) is 11.1 Å². The predicted molar refractivity (Wildman–Crippen MR) is 181 cm³/mol. The van der Waals surface area contributed by atoms with Crippen LogP contribution in [0.3, 0.4) is 0 Å². The molecule has 2 heterocycles. The summed E-state index contributed by atoms with van der Waals surface area (Å²) in [6.07, 6.45) is -0.611. The fourth-order valence-electron chi connectivity index (χ4n) is 5.55. The van der Waals surface area contributed by atoms with Crippen LogP contribution in [0.1, 0.15) is 87.2 Å².